The Morgan fingerprint density at radius 2 is 2.13 bits per heavy atom. The molecule has 0 aliphatic heterocycles. The van der Waals surface area contributed by atoms with Crippen LogP contribution < -0.4 is 9.47 Å². The molecule has 0 unspecified atom stereocenters. The van der Waals surface area contributed by atoms with Crippen molar-refractivity contribution in [1.29, 1.82) is 0 Å². The minimum atomic E-state index is -2.97. The molecule has 0 bridgehead atoms. The molecule has 0 aliphatic carbocycles. The summed E-state index contributed by atoms with van der Waals surface area (Å²) in [6.45, 7) is -2.97. The number of ether oxygens (including phenoxy) is 2. The zero-order valence-electron chi connectivity index (χ0n) is 12.3. The molecule has 2 rings (SSSR count). The molecule has 1 aromatic heterocycles. The summed E-state index contributed by atoms with van der Waals surface area (Å²) in [5.41, 5.74) is 1.01. The lowest BCUT2D eigenvalue weighted by Gasteiger charge is -2.10. The molecule has 2 aromatic rings. The molecule has 1 aromatic carbocycles. The predicted molar refractivity (Wildman–Crippen MR) is 83.9 cm³/mol. The van der Waals surface area contributed by atoms with Gasteiger partial charge in [-0.15, -0.1) is 0 Å². The summed E-state index contributed by atoms with van der Waals surface area (Å²) in [6.07, 6.45) is 4.59. The molecule has 122 valence electrons. The molecule has 0 atom stereocenters. The van der Waals surface area contributed by atoms with Gasteiger partial charge >= 0.3 is 6.61 Å². The Morgan fingerprint density at radius 3 is 2.70 bits per heavy atom. The Morgan fingerprint density at radius 1 is 1.39 bits per heavy atom. The smallest absolute Gasteiger partial charge is 0.387 e. The van der Waals surface area contributed by atoms with Gasteiger partial charge < -0.3 is 9.47 Å². The molecule has 0 fully saturated rings. The molecule has 0 N–H and O–H groups in total. The van der Waals surface area contributed by atoms with E-state index >= 15 is 0 Å². The third kappa shape index (κ3) is 4.16. The molecule has 23 heavy (non-hydrogen) atoms. The van der Waals surface area contributed by atoms with Gasteiger partial charge in [-0.25, -0.2) is 0 Å². The largest absolute Gasteiger partial charge is 0.493 e. The number of nitrogens with zero attached hydrogens (tertiary/aromatic N) is 2. The van der Waals surface area contributed by atoms with Crippen LogP contribution in [-0.4, -0.2) is 29.3 Å². The lowest BCUT2D eigenvalue weighted by atomic mass is 10.1. The van der Waals surface area contributed by atoms with E-state index in [9.17, 15) is 13.6 Å². The minimum Gasteiger partial charge on any atom is -0.493 e. The zero-order chi connectivity index (χ0) is 17.0. The van der Waals surface area contributed by atoms with Crippen LogP contribution in [0.2, 0.25) is 0 Å². The number of hydrogen-bond acceptors (Lipinski definition) is 4. The van der Waals surface area contributed by atoms with E-state index in [0.29, 0.717) is 0 Å². The number of hydrogen-bond donors (Lipinski definition) is 0. The summed E-state index contributed by atoms with van der Waals surface area (Å²) in [5, 5.41) is 4.03. The fourth-order valence-electron chi connectivity index (χ4n) is 1.87. The Balaban J connectivity index is 2.23. The first-order chi connectivity index (χ1) is 10.9. The second-order valence-corrected chi connectivity index (χ2v) is 5.30. The van der Waals surface area contributed by atoms with Gasteiger partial charge in [0, 0.05) is 12.6 Å². The first-order valence-electron chi connectivity index (χ1n) is 6.45. The zero-order valence-corrected chi connectivity index (χ0v) is 13.9. The number of ketones is 1. The van der Waals surface area contributed by atoms with Crippen LogP contribution in [-0.2, 0) is 7.05 Å². The standard InChI is InChI=1S/C15H13BrF2N2O3/c1-20-11(10(16)8-19-20)4-5-12(21)9-3-6-13(23-15(17)18)14(7-9)22-2/h3-8,15H,1-2H3. The van der Waals surface area contributed by atoms with E-state index in [1.807, 2.05) is 0 Å². The van der Waals surface area contributed by atoms with Crippen LogP contribution in [0.25, 0.3) is 6.08 Å². The lowest BCUT2D eigenvalue weighted by molar-refractivity contribution is -0.0512. The minimum absolute atomic E-state index is 0.0614. The number of aryl methyl sites for hydroxylation is 1. The van der Waals surface area contributed by atoms with E-state index in [2.05, 4.69) is 25.8 Å². The van der Waals surface area contributed by atoms with Crippen LogP contribution >= 0.6 is 15.9 Å². The third-order valence-corrected chi connectivity index (χ3v) is 3.61. The Hall–Kier alpha value is -2.22. The van der Waals surface area contributed by atoms with Gasteiger partial charge in [-0.05, 0) is 46.3 Å². The molecule has 0 radical (unpaired) electrons. The fourth-order valence-corrected chi connectivity index (χ4v) is 2.35. The van der Waals surface area contributed by atoms with E-state index in [1.165, 1.54) is 31.4 Å². The molecule has 0 saturated carbocycles. The average Bonchev–Trinajstić information content (AvgIpc) is 2.83. The SMILES string of the molecule is COc1cc(C(=O)C=Cc2c(Br)cnn2C)ccc1OC(F)F. The van der Waals surface area contributed by atoms with E-state index in [4.69, 9.17) is 4.74 Å². The number of halogens is 3. The van der Waals surface area contributed by atoms with Crippen LogP contribution in [0.15, 0.2) is 34.9 Å². The van der Waals surface area contributed by atoms with Crippen molar-refractivity contribution < 1.29 is 23.0 Å². The maximum atomic E-state index is 12.3. The number of allylic oxidation sites excluding steroid dienone is 1. The van der Waals surface area contributed by atoms with Crippen LogP contribution in [0, 0.1) is 0 Å². The molecule has 0 spiro atoms. The van der Waals surface area contributed by atoms with E-state index < -0.39 is 6.61 Å². The van der Waals surface area contributed by atoms with Crippen molar-refractivity contribution in [3.8, 4) is 11.5 Å². The number of carbonyl (C=O) groups excluding carboxylic acids is 1. The normalized spacial score (nSPS) is 11.2. The first kappa shape index (κ1) is 17.1. The molecule has 0 amide bonds. The summed E-state index contributed by atoms with van der Waals surface area (Å²) >= 11 is 3.33. The van der Waals surface area contributed by atoms with E-state index in [1.54, 1.807) is 24.0 Å². The average molecular weight is 387 g/mol. The van der Waals surface area contributed by atoms with Crippen molar-refractivity contribution in [2.24, 2.45) is 7.05 Å². The Labute approximate surface area is 139 Å². The molecule has 1 heterocycles. The third-order valence-electron chi connectivity index (χ3n) is 2.99. The van der Waals surface area contributed by atoms with Crippen molar-refractivity contribution >= 4 is 27.8 Å². The molecule has 0 saturated heterocycles. The number of benzene rings is 1. The summed E-state index contributed by atoms with van der Waals surface area (Å²) in [7, 11) is 3.05. The molecule has 8 heteroatoms. The number of methoxy groups -OCH3 is 1. The van der Waals surface area contributed by atoms with E-state index in [-0.39, 0.29) is 22.8 Å². The lowest BCUT2D eigenvalue weighted by Crippen LogP contribution is -2.04. The summed E-state index contributed by atoms with van der Waals surface area (Å²) in [4.78, 5) is 12.2. The van der Waals surface area contributed by atoms with Gasteiger partial charge in [-0.3, -0.25) is 9.48 Å². The van der Waals surface area contributed by atoms with Crippen molar-refractivity contribution in [1.82, 2.24) is 9.78 Å². The second-order valence-electron chi connectivity index (χ2n) is 4.44. The number of carbonyl (C=O) groups is 1. The summed E-state index contributed by atoms with van der Waals surface area (Å²) < 4.78 is 36.2. The maximum Gasteiger partial charge on any atom is 0.387 e. The number of aromatic nitrogens is 2. The van der Waals surface area contributed by atoms with Gasteiger partial charge in [0.05, 0.1) is 23.5 Å². The molecular formula is C15H13BrF2N2O3. The Bertz CT molecular complexity index is 725. The van der Waals surface area contributed by atoms with Crippen molar-refractivity contribution in [2.45, 2.75) is 6.61 Å². The molecule has 0 aliphatic rings. The first-order valence-corrected chi connectivity index (χ1v) is 7.24. The topological polar surface area (TPSA) is 53.3 Å². The number of alkyl halides is 2. The highest BCUT2D eigenvalue weighted by molar-refractivity contribution is 9.10. The van der Waals surface area contributed by atoms with Gasteiger partial charge in [0.2, 0.25) is 0 Å². The molecule has 5 nitrogen and oxygen atoms in total. The predicted octanol–water partition coefficient (Wildman–Crippen LogP) is 3.69. The van der Waals surface area contributed by atoms with Crippen LogP contribution in [0.4, 0.5) is 8.78 Å². The summed E-state index contributed by atoms with van der Waals surface area (Å²) in [5.74, 6) is -0.372. The van der Waals surface area contributed by atoms with Crippen molar-refractivity contribution in [2.75, 3.05) is 7.11 Å². The van der Waals surface area contributed by atoms with Crippen LogP contribution in [0.5, 0.6) is 11.5 Å². The number of rotatable bonds is 6. The monoisotopic (exact) mass is 386 g/mol. The maximum absolute atomic E-state index is 12.3. The Kier molecular flexibility index (Phi) is 5.49. The highest BCUT2D eigenvalue weighted by Crippen LogP contribution is 2.29. The highest BCUT2D eigenvalue weighted by Gasteiger charge is 2.13. The van der Waals surface area contributed by atoms with Gasteiger partial charge in [-0.2, -0.15) is 13.9 Å². The van der Waals surface area contributed by atoms with Crippen LogP contribution in [0.1, 0.15) is 16.1 Å². The highest BCUT2D eigenvalue weighted by atomic mass is 79.9. The van der Waals surface area contributed by atoms with Gasteiger partial charge in [0.25, 0.3) is 0 Å². The summed E-state index contributed by atoms with van der Waals surface area (Å²) in [6, 6.07) is 4.01. The van der Waals surface area contributed by atoms with Gasteiger partial charge in [0.15, 0.2) is 17.3 Å². The van der Waals surface area contributed by atoms with Crippen molar-refractivity contribution in [3.05, 3.63) is 46.2 Å². The fraction of sp³-hybridized carbons (Fsp3) is 0.200. The van der Waals surface area contributed by atoms with Crippen LogP contribution in [0.3, 0.4) is 0 Å². The second kappa shape index (κ2) is 7.36. The quantitative estimate of drug-likeness (QED) is 0.561. The molecular weight excluding hydrogens is 374 g/mol. The van der Waals surface area contributed by atoms with Crippen molar-refractivity contribution in [3.63, 3.8) is 0 Å². The van der Waals surface area contributed by atoms with E-state index in [0.717, 1.165) is 10.2 Å². The van der Waals surface area contributed by atoms with Gasteiger partial charge in [0.1, 0.15) is 0 Å². The van der Waals surface area contributed by atoms with Gasteiger partial charge in [-0.1, -0.05) is 0 Å².